The van der Waals surface area contributed by atoms with Gasteiger partial charge in [-0.1, -0.05) is 35.9 Å². The number of H-pyrrole nitrogens is 1. The van der Waals surface area contributed by atoms with Gasteiger partial charge in [0.05, 0.1) is 0 Å². The van der Waals surface area contributed by atoms with Crippen molar-refractivity contribution < 1.29 is 9.18 Å². The van der Waals surface area contributed by atoms with E-state index in [2.05, 4.69) is 10.3 Å². The van der Waals surface area contributed by atoms with Crippen molar-refractivity contribution in [2.75, 3.05) is 6.54 Å². The molecule has 5 heteroatoms. The number of carbonyl (C=O) groups excluding carboxylic acids is 1. The van der Waals surface area contributed by atoms with Gasteiger partial charge < -0.3 is 10.3 Å². The zero-order chi connectivity index (χ0) is 19.5. The second kappa shape index (κ2) is 7.87. The summed E-state index contributed by atoms with van der Waals surface area (Å²) in [7, 11) is 0. The summed E-state index contributed by atoms with van der Waals surface area (Å²) in [6.07, 6.45) is 2.64. The summed E-state index contributed by atoms with van der Waals surface area (Å²) < 4.78 is 13.1. The molecule has 3 aromatic carbocycles. The minimum absolute atomic E-state index is 0.137. The summed E-state index contributed by atoms with van der Waals surface area (Å²) in [5, 5.41) is 4.72. The molecule has 1 amide bonds. The predicted molar refractivity (Wildman–Crippen MR) is 111 cm³/mol. The van der Waals surface area contributed by atoms with E-state index in [0.29, 0.717) is 23.6 Å². The Morgan fingerprint density at radius 2 is 1.82 bits per heavy atom. The van der Waals surface area contributed by atoms with Crippen LogP contribution >= 0.6 is 11.6 Å². The summed E-state index contributed by atoms with van der Waals surface area (Å²) in [5.41, 5.74) is 4.45. The van der Waals surface area contributed by atoms with Crippen molar-refractivity contribution in [3.8, 4) is 11.1 Å². The number of halogens is 2. The summed E-state index contributed by atoms with van der Waals surface area (Å²) in [6.45, 7) is 0.513. The van der Waals surface area contributed by atoms with Crippen LogP contribution in [-0.4, -0.2) is 17.4 Å². The van der Waals surface area contributed by atoms with E-state index in [9.17, 15) is 9.18 Å². The Labute approximate surface area is 167 Å². The third-order valence-electron chi connectivity index (χ3n) is 4.71. The predicted octanol–water partition coefficient (Wildman–Crippen LogP) is 5.60. The molecule has 4 rings (SSSR count). The number of hydrogen-bond acceptors (Lipinski definition) is 1. The quantitative estimate of drug-likeness (QED) is 0.456. The third-order valence-corrected chi connectivity index (χ3v) is 4.95. The second-order valence-corrected chi connectivity index (χ2v) is 7.03. The van der Waals surface area contributed by atoms with Crippen LogP contribution in [0.1, 0.15) is 15.9 Å². The molecule has 1 heterocycles. The number of fused-ring (bicyclic) bond motifs is 1. The SMILES string of the molecule is O=C(NCCc1c[nH]c2ccc(Cl)cc12)c1cccc(-c2ccc(F)cc2)c1. The zero-order valence-corrected chi connectivity index (χ0v) is 15.8. The molecular weight excluding hydrogens is 375 g/mol. The Balaban J connectivity index is 1.43. The van der Waals surface area contributed by atoms with Gasteiger partial charge in [0.15, 0.2) is 0 Å². The minimum Gasteiger partial charge on any atom is -0.361 e. The first-order valence-corrected chi connectivity index (χ1v) is 9.38. The Morgan fingerprint density at radius 3 is 2.64 bits per heavy atom. The lowest BCUT2D eigenvalue weighted by atomic mass is 10.0. The summed E-state index contributed by atoms with van der Waals surface area (Å²) in [5.74, 6) is -0.418. The summed E-state index contributed by atoms with van der Waals surface area (Å²) >= 11 is 6.08. The maximum Gasteiger partial charge on any atom is 0.251 e. The number of benzene rings is 3. The van der Waals surface area contributed by atoms with Crippen molar-refractivity contribution in [3.63, 3.8) is 0 Å². The lowest BCUT2D eigenvalue weighted by Crippen LogP contribution is -2.25. The number of carbonyl (C=O) groups is 1. The molecule has 4 aromatic rings. The zero-order valence-electron chi connectivity index (χ0n) is 15.0. The highest BCUT2D eigenvalue weighted by Crippen LogP contribution is 2.23. The minimum atomic E-state index is -0.281. The van der Waals surface area contributed by atoms with E-state index in [1.807, 2.05) is 42.6 Å². The second-order valence-electron chi connectivity index (χ2n) is 6.60. The molecule has 0 aliphatic carbocycles. The van der Waals surface area contributed by atoms with Crippen LogP contribution in [0.3, 0.4) is 0 Å². The van der Waals surface area contributed by atoms with Gasteiger partial charge in [0, 0.05) is 34.2 Å². The summed E-state index contributed by atoms with van der Waals surface area (Å²) in [4.78, 5) is 15.7. The van der Waals surface area contributed by atoms with Crippen LogP contribution in [0.25, 0.3) is 22.0 Å². The maximum atomic E-state index is 13.1. The summed E-state index contributed by atoms with van der Waals surface area (Å²) in [6, 6.07) is 19.3. The van der Waals surface area contributed by atoms with Gasteiger partial charge in [0.1, 0.15) is 5.82 Å². The first-order valence-electron chi connectivity index (χ1n) is 9.00. The van der Waals surface area contributed by atoms with E-state index < -0.39 is 0 Å². The molecule has 3 nitrogen and oxygen atoms in total. The standard InChI is InChI=1S/C23H18ClFN2O/c24-19-6-9-22-21(13-19)18(14-27-22)10-11-26-23(28)17-3-1-2-16(12-17)15-4-7-20(25)8-5-15/h1-9,12-14,27H,10-11H2,(H,26,28). The van der Waals surface area contributed by atoms with Gasteiger partial charge in [-0.25, -0.2) is 4.39 Å². The smallest absolute Gasteiger partial charge is 0.251 e. The molecule has 0 saturated carbocycles. The van der Waals surface area contributed by atoms with Crippen molar-refractivity contribution in [2.24, 2.45) is 0 Å². The van der Waals surface area contributed by atoms with Crippen molar-refractivity contribution >= 4 is 28.4 Å². The molecule has 140 valence electrons. The van der Waals surface area contributed by atoms with Crippen LogP contribution in [0.4, 0.5) is 4.39 Å². The van der Waals surface area contributed by atoms with E-state index in [-0.39, 0.29) is 11.7 Å². The molecule has 28 heavy (non-hydrogen) atoms. The maximum absolute atomic E-state index is 13.1. The Morgan fingerprint density at radius 1 is 1.00 bits per heavy atom. The van der Waals surface area contributed by atoms with Gasteiger partial charge in [-0.2, -0.15) is 0 Å². The Bertz CT molecular complexity index is 1140. The molecule has 2 N–H and O–H groups in total. The number of hydrogen-bond donors (Lipinski definition) is 2. The van der Waals surface area contributed by atoms with E-state index in [4.69, 9.17) is 11.6 Å². The average molecular weight is 393 g/mol. The number of aromatic amines is 1. The number of rotatable bonds is 5. The van der Waals surface area contributed by atoms with Crippen LogP contribution < -0.4 is 5.32 Å². The molecule has 0 unspecified atom stereocenters. The van der Waals surface area contributed by atoms with E-state index in [0.717, 1.165) is 27.6 Å². The highest BCUT2D eigenvalue weighted by atomic mass is 35.5. The third kappa shape index (κ3) is 3.92. The molecule has 0 radical (unpaired) electrons. The number of nitrogens with one attached hydrogen (secondary N) is 2. The van der Waals surface area contributed by atoms with E-state index in [1.165, 1.54) is 12.1 Å². The Hall–Kier alpha value is -3.11. The van der Waals surface area contributed by atoms with Crippen LogP contribution in [0.5, 0.6) is 0 Å². The van der Waals surface area contributed by atoms with Crippen LogP contribution in [0.2, 0.25) is 5.02 Å². The Kier molecular flexibility index (Phi) is 5.13. The first kappa shape index (κ1) is 18.3. The van der Waals surface area contributed by atoms with Gasteiger partial charge in [0.25, 0.3) is 5.91 Å². The first-order chi connectivity index (χ1) is 13.6. The monoisotopic (exact) mass is 392 g/mol. The fourth-order valence-corrected chi connectivity index (χ4v) is 3.42. The fraction of sp³-hybridized carbons (Fsp3) is 0.0870. The van der Waals surface area contributed by atoms with Crippen molar-refractivity contribution in [2.45, 2.75) is 6.42 Å². The number of amides is 1. The molecule has 0 aliphatic rings. The van der Waals surface area contributed by atoms with Crippen molar-refractivity contribution in [3.05, 3.63) is 94.9 Å². The van der Waals surface area contributed by atoms with Gasteiger partial charge in [-0.3, -0.25) is 4.79 Å². The van der Waals surface area contributed by atoms with Crippen LogP contribution in [0, 0.1) is 5.82 Å². The molecule has 1 aromatic heterocycles. The van der Waals surface area contributed by atoms with Crippen molar-refractivity contribution in [1.29, 1.82) is 0 Å². The molecule has 0 fully saturated rings. The molecule has 0 aliphatic heterocycles. The normalized spacial score (nSPS) is 10.9. The molecule has 0 bridgehead atoms. The molecule has 0 spiro atoms. The topological polar surface area (TPSA) is 44.9 Å². The van der Waals surface area contributed by atoms with Crippen LogP contribution in [0.15, 0.2) is 72.9 Å². The molecular formula is C23H18ClFN2O. The fourth-order valence-electron chi connectivity index (χ4n) is 3.25. The van der Waals surface area contributed by atoms with Gasteiger partial charge in [0.2, 0.25) is 0 Å². The van der Waals surface area contributed by atoms with E-state index in [1.54, 1.807) is 18.2 Å². The highest BCUT2D eigenvalue weighted by Gasteiger charge is 2.09. The lowest BCUT2D eigenvalue weighted by molar-refractivity contribution is 0.0954. The lowest BCUT2D eigenvalue weighted by Gasteiger charge is -2.07. The van der Waals surface area contributed by atoms with Gasteiger partial charge in [-0.05, 0) is 65.6 Å². The van der Waals surface area contributed by atoms with E-state index >= 15 is 0 Å². The largest absolute Gasteiger partial charge is 0.361 e. The average Bonchev–Trinajstić information content (AvgIpc) is 3.10. The van der Waals surface area contributed by atoms with Gasteiger partial charge in [-0.15, -0.1) is 0 Å². The highest BCUT2D eigenvalue weighted by molar-refractivity contribution is 6.31. The van der Waals surface area contributed by atoms with Crippen LogP contribution in [-0.2, 0) is 6.42 Å². The van der Waals surface area contributed by atoms with Crippen molar-refractivity contribution in [1.82, 2.24) is 10.3 Å². The molecule has 0 atom stereocenters. The molecule has 0 saturated heterocycles. The number of aromatic nitrogens is 1. The van der Waals surface area contributed by atoms with Gasteiger partial charge >= 0.3 is 0 Å².